The Balaban J connectivity index is 1.82. The molecule has 0 aromatic heterocycles. The predicted octanol–water partition coefficient (Wildman–Crippen LogP) is 2.33. The van der Waals surface area contributed by atoms with Crippen LogP contribution in [-0.2, 0) is 15.9 Å². The lowest BCUT2D eigenvalue weighted by atomic mass is 9.87. The van der Waals surface area contributed by atoms with Crippen LogP contribution in [0.3, 0.4) is 0 Å². The largest absolute Gasteiger partial charge is 0.497 e. The summed E-state index contributed by atoms with van der Waals surface area (Å²) in [6, 6.07) is 6.85. The lowest BCUT2D eigenvalue weighted by molar-refractivity contribution is 0.0708. The average Bonchev–Trinajstić information content (AvgIpc) is 2.50. The summed E-state index contributed by atoms with van der Waals surface area (Å²) in [5.41, 5.74) is 2.82. The highest BCUT2D eigenvalue weighted by molar-refractivity contribution is 5.39. The highest BCUT2D eigenvalue weighted by Gasteiger charge is 2.19. The van der Waals surface area contributed by atoms with E-state index in [-0.39, 0.29) is 0 Å². The first-order chi connectivity index (χ1) is 9.85. The standard InChI is InChI=1S/C16H25NO3/c1-18-10-11-20-9-8-17-16-5-3-4-13-12-14(19-2)6-7-15(13)16/h6-7,12,16-17H,3-5,8-11H2,1-2H3. The van der Waals surface area contributed by atoms with Crippen LogP contribution in [0.4, 0.5) is 0 Å². The van der Waals surface area contributed by atoms with Crippen LogP contribution >= 0.6 is 0 Å². The van der Waals surface area contributed by atoms with E-state index in [1.54, 1.807) is 14.2 Å². The summed E-state index contributed by atoms with van der Waals surface area (Å²) in [7, 11) is 3.41. The highest BCUT2D eigenvalue weighted by Crippen LogP contribution is 2.31. The number of aryl methyl sites for hydroxylation is 1. The molecule has 1 unspecified atom stereocenters. The first kappa shape index (κ1) is 15.3. The number of ether oxygens (including phenoxy) is 3. The molecule has 0 amide bonds. The van der Waals surface area contributed by atoms with Crippen LogP contribution in [0, 0.1) is 0 Å². The molecule has 1 aromatic carbocycles. The van der Waals surface area contributed by atoms with E-state index in [4.69, 9.17) is 14.2 Å². The summed E-state index contributed by atoms with van der Waals surface area (Å²) in [6.45, 7) is 2.92. The second-order valence-corrected chi connectivity index (χ2v) is 5.07. The van der Waals surface area contributed by atoms with Crippen molar-refractivity contribution >= 4 is 0 Å². The van der Waals surface area contributed by atoms with Gasteiger partial charge in [0.15, 0.2) is 0 Å². The van der Waals surface area contributed by atoms with Gasteiger partial charge >= 0.3 is 0 Å². The van der Waals surface area contributed by atoms with Gasteiger partial charge in [0, 0.05) is 19.7 Å². The SMILES string of the molecule is COCCOCCNC1CCCc2cc(OC)ccc21. The van der Waals surface area contributed by atoms with Crippen molar-refractivity contribution in [2.75, 3.05) is 40.6 Å². The summed E-state index contributed by atoms with van der Waals surface area (Å²) in [6.07, 6.45) is 3.56. The Hall–Kier alpha value is -1.10. The van der Waals surface area contributed by atoms with Gasteiger partial charge in [-0.1, -0.05) is 6.07 Å². The van der Waals surface area contributed by atoms with Crippen molar-refractivity contribution < 1.29 is 14.2 Å². The molecule has 0 aliphatic heterocycles. The zero-order valence-electron chi connectivity index (χ0n) is 12.5. The molecule has 1 N–H and O–H groups in total. The van der Waals surface area contributed by atoms with Crippen LogP contribution < -0.4 is 10.1 Å². The zero-order chi connectivity index (χ0) is 14.2. The van der Waals surface area contributed by atoms with Gasteiger partial charge in [0.25, 0.3) is 0 Å². The van der Waals surface area contributed by atoms with Crippen molar-refractivity contribution in [3.8, 4) is 5.75 Å². The molecule has 0 saturated heterocycles. The fraction of sp³-hybridized carbons (Fsp3) is 0.625. The Labute approximate surface area is 121 Å². The van der Waals surface area contributed by atoms with Gasteiger partial charge in [0.2, 0.25) is 0 Å². The number of methoxy groups -OCH3 is 2. The van der Waals surface area contributed by atoms with Gasteiger partial charge < -0.3 is 19.5 Å². The number of fused-ring (bicyclic) bond motifs is 1. The van der Waals surface area contributed by atoms with E-state index in [9.17, 15) is 0 Å². The topological polar surface area (TPSA) is 39.7 Å². The minimum Gasteiger partial charge on any atom is -0.497 e. The number of benzene rings is 1. The zero-order valence-corrected chi connectivity index (χ0v) is 12.5. The maximum absolute atomic E-state index is 5.48. The number of hydrogen-bond donors (Lipinski definition) is 1. The van der Waals surface area contributed by atoms with Gasteiger partial charge in [-0.3, -0.25) is 0 Å². The molecular weight excluding hydrogens is 254 g/mol. The monoisotopic (exact) mass is 279 g/mol. The molecule has 0 radical (unpaired) electrons. The van der Waals surface area contributed by atoms with Crippen LogP contribution in [0.5, 0.6) is 5.75 Å². The van der Waals surface area contributed by atoms with Crippen molar-refractivity contribution in [1.82, 2.24) is 5.32 Å². The lowest BCUT2D eigenvalue weighted by Crippen LogP contribution is -2.28. The molecule has 4 nitrogen and oxygen atoms in total. The van der Waals surface area contributed by atoms with E-state index in [0.29, 0.717) is 19.3 Å². The minimum atomic E-state index is 0.440. The number of nitrogens with one attached hydrogen (secondary N) is 1. The van der Waals surface area contributed by atoms with E-state index in [1.165, 1.54) is 24.0 Å². The van der Waals surface area contributed by atoms with E-state index >= 15 is 0 Å². The summed E-state index contributed by atoms with van der Waals surface area (Å²) >= 11 is 0. The van der Waals surface area contributed by atoms with E-state index in [1.807, 2.05) is 6.07 Å². The molecule has 4 heteroatoms. The highest BCUT2D eigenvalue weighted by atomic mass is 16.5. The molecule has 0 bridgehead atoms. The second-order valence-electron chi connectivity index (χ2n) is 5.07. The van der Waals surface area contributed by atoms with Crippen molar-refractivity contribution in [3.05, 3.63) is 29.3 Å². The quantitative estimate of drug-likeness (QED) is 0.741. The molecule has 0 heterocycles. The van der Waals surface area contributed by atoms with Crippen molar-refractivity contribution in [1.29, 1.82) is 0 Å². The minimum absolute atomic E-state index is 0.440. The number of rotatable bonds is 8. The van der Waals surface area contributed by atoms with Crippen LogP contribution in [0.1, 0.15) is 30.0 Å². The van der Waals surface area contributed by atoms with E-state index in [0.717, 1.165) is 25.3 Å². The van der Waals surface area contributed by atoms with Crippen molar-refractivity contribution in [2.45, 2.75) is 25.3 Å². The average molecular weight is 279 g/mol. The van der Waals surface area contributed by atoms with Crippen LogP contribution in [0.15, 0.2) is 18.2 Å². The van der Waals surface area contributed by atoms with Crippen LogP contribution in [0.2, 0.25) is 0 Å². The molecule has 0 saturated carbocycles. The summed E-state index contributed by atoms with van der Waals surface area (Å²) in [5.74, 6) is 0.951. The molecule has 1 aromatic rings. The Bertz CT molecular complexity index is 409. The third kappa shape index (κ3) is 4.20. The van der Waals surface area contributed by atoms with Gasteiger partial charge in [-0.2, -0.15) is 0 Å². The molecule has 20 heavy (non-hydrogen) atoms. The molecular formula is C16H25NO3. The number of hydrogen-bond acceptors (Lipinski definition) is 4. The second kappa shape index (κ2) is 8.25. The molecule has 1 atom stereocenters. The van der Waals surface area contributed by atoms with E-state index in [2.05, 4.69) is 17.4 Å². The first-order valence-electron chi connectivity index (χ1n) is 7.32. The summed E-state index contributed by atoms with van der Waals surface area (Å²) in [4.78, 5) is 0. The van der Waals surface area contributed by atoms with Crippen molar-refractivity contribution in [3.63, 3.8) is 0 Å². The first-order valence-corrected chi connectivity index (χ1v) is 7.32. The van der Waals surface area contributed by atoms with Gasteiger partial charge in [-0.05, 0) is 42.5 Å². The predicted molar refractivity (Wildman–Crippen MR) is 79.4 cm³/mol. The maximum atomic E-state index is 5.48. The fourth-order valence-corrected chi connectivity index (χ4v) is 2.68. The molecule has 0 fully saturated rings. The van der Waals surface area contributed by atoms with Gasteiger partial charge in [0.05, 0.1) is 26.9 Å². The molecule has 0 spiro atoms. The summed E-state index contributed by atoms with van der Waals surface area (Å²) < 4.78 is 15.7. The third-order valence-corrected chi connectivity index (χ3v) is 3.73. The van der Waals surface area contributed by atoms with E-state index < -0.39 is 0 Å². The molecule has 1 aliphatic carbocycles. The normalized spacial score (nSPS) is 17.8. The molecule has 1 aliphatic rings. The van der Waals surface area contributed by atoms with Gasteiger partial charge in [-0.25, -0.2) is 0 Å². The van der Waals surface area contributed by atoms with Crippen molar-refractivity contribution in [2.24, 2.45) is 0 Å². The third-order valence-electron chi connectivity index (χ3n) is 3.73. The van der Waals surface area contributed by atoms with Gasteiger partial charge in [0.1, 0.15) is 5.75 Å². The fourth-order valence-electron chi connectivity index (χ4n) is 2.68. The maximum Gasteiger partial charge on any atom is 0.119 e. The van der Waals surface area contributed by atoms with Crippen LogP contribution in [0.25, 0.3) is 0 Å². The Kier molecular flexibility index (Phi) is 6.30. The Morgan fingerprint density at radius 2 is 2.10 bits per heavy atom. The van der Waals surface area contributed by atoms with Crippen LogP contribution in [-0.4, -0.2) is 40.6 Å². The Morgan fingerprint density at radius 3 is 2.90 bits per heavy atom. The summed E-state index contributed by atoms with van der Waals surface area (Å²) in [5, 5.41) is 3.59. The smallest absolute Gasteiger partial charge is 0.119 e. The molecule has 2 rings (SSSR count). The molecule has 112 valence electrons. The lowest BCUT2D eigenvalue weighted by Gasteiger charge is -2.27. The van der Waals surface area contributed by atoms with Gasteiger partial charge in [-0.15, -0.1) is 0 Å². The Morgan fingerprint density at radius 1 is 1.20 bits per heavy atom.